The Bertz CT molecular complexity index is 172. The van der Waals surface area contributed by atoms with Crippen LogP contribution in [-0.2, 0) is 9.84 Å². The van der Waals surface area contributed by atoms with E-state index in [9.17, 15) is 8.42 Å². The molecule has 1 heterocycles. The quantitative estimate of drug-likeness (QED) is 0.552. The zero-order chi connectivity index (χ0) is 7.45. The van der Waals surface area contributed by atoms with E-state index in [2.05, 4.69) is 5.32 Å². The van der Waals surface area contributed by atoms with Crippen LogP contribution in [0, 0.1) is 0 Å². The van der Waals surface area contributed by atoms with E-state index >= 15 is 0 Å². The zero-order valence-corrected chi connectivity index (χ0v) is 6.78. The minimum atomic E-state index is -2.75. The van der Waals surface area contributed by atoms with Crippen LogP contribution >= 0.6 is 0 Å². The summed E-state index contributed by atoms with van der Waals surface area (Å²) >= 11 is 0. The third kappa shape index (κ3) is 2.66. The average Bonchev–Trinajstić information content (AvgIpc) is 1.81. The molecule has 0 saturated carbocycles. The number of sulfone groups is 1. The second-order valence-corrected chi connectivity index (χ2v) is 4.84. The molecule has 1 aliphatic heterocycles. The standard InChI is InChI=1S/C6H13NO2S/c8-10(9)5-3-1-2-4-7-6-10/h7H,1-6H2. The summed E-state index contributed by atoms with van der Waals surface area (Å²) in [4.78, 5) is 0. The predicted molar refractivity (Wildman–Crippen MR) is 40.5 cm³/mol. The number of hydrogen-bond acceptors (Lipinski definition) is 3. The van der Waals surface area contributed by atoms with Crippen molar-refractivity contribution in [1.29, 1.82) is 0 Å². The lowest BCUT2D eigenvalue weighted by Gasteiger charge is -2.09. The fourth-order valence-corrected chi connectivity index (χ4v) is 2.29. The van der Waals surface area contributed by atoms with Gasteiger partial charge in [-0.25, -0.2) is 8.42 Å². The molecular weight excluding hydrogens is 150 g/mol. The first-order chi connectivity index (χ1) is 4.71. The fraction of sp³-hybridized carbons (Fsp3) is 1.00. The van der Waals surface area contributed by atoms with Gasteiger partial charge in [0.15, 0.2) is 9.84 Å². The van der Waals surface area contributed by atoms with Crippen LogP contribution in [-0.4, -0.2) is 26.6 Å². The van der Waals surface area contributed by atoms with Gasteiger partial charge in [0.25, 0.3) is 0 Å². The molecule has 0 bridgehead atoms. The summed E-state index contributed by atoms with van der Waals surface area (Å²) in [6.45, 7) is 0.846. The third-order valence-electron chi connectivity index (χ3n) is 1.63. The molecule has 0 radical (unpaired) electrons. The van der Waals surface area contributed by atoms with E-state index in [1.807, 2.05) is 0 Å². The van der Waals surface area contributed by atoms with Gasteiger partial charge >= 0.3 is 0 Å². The lowest BCUT2D eigenvalue weighted by molar-refractivity contribution is 0.563. The zero-order valence-electron chi connectivity index (χ0n) is 5.97. The van der Waals surface area contributed by atoms with Crippen molar-refractivity contribution < 1.29 is 8.42 Å². The molecule has 1 aliphatic rings. The van der Waals surface area contributed by atoms with Crippen LogP contribution in [0.15, 0.2) is 0 Å². The van der Waals surface area contributed by atoms with Crippen molar-refractivity contribution in [2.75, 3.05) is 18.2 Å². The molecule has 1 fully saturated rings. The van der Waals surface area contributed by atoms with Crippen molar-refractivity contribution in [3.05, 3.63) is 0 Å². The predicted octanol–water partition coefficient (Wildman–Crippen LogP) is 0.132. The molecule has 4 heteroatoms. The Labute approximate surface area is 61.7 Å². The van der Waals surface area contributed by atoms with E-state index in [1.54, 1.807) is 0 Å². The first-order valence-electron chi connectivity index (χ1n) is 3.62. The number of rotatable bonds is 0. The molecule has 0 aromatic heterocycles. The van der Waals surface area contributed by atoms with Gasteiger partial charge in [0.2, 0.25) is 0 Å². The highest BCUT2D eigenvalue weighted by molar-refractivity contribution is 7.91. The smallest absolute Gasteiger partial charge is 0.163 e. The Morgan fingerprint density at radius 1 is 1.10 bits per heavy atom. The molecule has 1 rings (SSSR count). The summed E-state index contributed by atoms with van der Waals surface area (Å²) in [5.41, 5.74) is 0. The molecule has 3 nitrogen and oxygen atoms in total. The van der Waals surface area contributed by atoms with Crippen molar-refractivity contribution in [3.8, 4) is 0 Å². The highest BCUT2D eigenvalue weighted by atomic mass is 32.2. The van der Waals surface area contributed by atoms with Crippen LogP contribution in [0.2, 0.25) is 0 Å². The van der Waals surface area contributed by atoms with Crippen LogP contribution in [0.3, 0.4) is 0 Å². The van der Waals surface area contributed by atoms with E-state index in [4.69, 9.17) is 0 Å². The van der Waals surface area contributed by atoms with Gasteiger partial charge in [-0.1, -0.05) is 6.42 Å². The van der Waals surface area contributed by atoms with Crippen molar-refractivity contribution in [2.24, 2.45) is 0 Å². The molecule has 0 aromatic rings. The topological polar surface area (TPSA) is 46.2 Å². The van der Waals surface area contributed by atoms with Crippen molar-refractivity contribution in [2.45, 2.75) is 19.3 Å². The minimum absolute atomic E-state index is 0.174. The Kier molecular flexibility index (Phi) is 2.68. The van der Waals surface area contributed by atoms with Crippen molar-refractivity contribution >= 4 is 9.84 Å². The van der Waals surface area contributed by atoms with E-state index < -0.39 is 9.84 Å². The van der Waals surface area contributed by atoms with Crippen LogP contribution in [0.4, 0.5) is 0 Å². The molecule has 10 heavy (non-hydrogen) atoms. The summed E-state index contributed by atoms with van der Waals surface area (Å²) < 4.78 is 21.9. The first-order valence-corrected chi connectivity index (χ1v) is 5.44. The van der Waals surface area contributed by atoms with Gasteiger partial charge in [0.1, 0.15) is 0 Å². The second kappa shape index (κ2) is 3.34. The van der Waals surface area contributed by atoms with Crippen LogP contribution in [0.1, 0.15) is 19.3 Å². The lowest BCUT2D eigenvalue weighted by Crippen LogP contribution is -2.28. The summed E-state index contributed by atoms with van der Waals surface area (Å²) in [6, 6.07) is 0. The summed E-state index contributed by atoms with van der Waals surface area (Å²) in [6.07, 6.45) is 2.98. The van der Waals surface area contributed by atoms with Gasteiger partial charge < -0.3 is 5.32 Å². The maximum absolute atomic E-state index is 11.0. The minimum Gasteiger partial charge on any atom is -0.304 e. The fourth-order valence-electron chi connectivity index (χ4n) is 1.05. The molecule has 0 amide bonds. The van der Waals surface area contributed by atoms with Gasteiger partial charge in [-0.3, -0.25) is 0 Å². The van der Waals surface area contributed by atoms with E-state index in [0.29, 0.717) is 5.75 Å². The largest absolute Gasteiger partial charge is 0.304 e. The van der Waals surface area contributed by atoms with E-state index in [0.717, 1.165) is 25.8 Å². The molecule has 0 atom stereocenters. The molecule has 0 unspecified atom stereocenters. The lowest BCUT2D eigenvalue weighted by atomic mass is 10.2. The Hall–Kier alpha value is -0.0900. The molecule has 0 aliphatic carbocycles. The number of nitrogens with one attached hydrogen (secondary N) is 1. The molecule has 1 saturated heterocycles. The summed E-state index contributed by atoms with van der Waals surface area (Å²) in [5.74, 6) is 0.535. The van der Waals surface area contributed by atoms with Crippen molar-refractivity contribution in [1.82, 2.24) is 5.32 Å². The van der Waals surface area contributed by atoms with Gasteiger partial charge in [0, 0.05) is 0 Å². The highest BCUT2D eigenvalue weighted by Gasteiger charge is 2.11. The van der Waals surface area contributed by atoms with Gasteiger partial charge in [-0.15, -0.1) is 0 Å². The van der Waals surface area contributed by atoms with E-state index in [-0.39, 0.29) is 5.88 Å². The van der Waals surface area contributed by atoms with Gasteiger partial charge in [-0.05, 0) is 19.4 Å². The highest BCUT2D eigenvalue weighted by Crippen LogP contribution is 2.02. The Morgan fingerprint density at radius 3 is 2.70 bits per heavy atom. The normalized spacial score (nSPS) is 26.8. The monoisotopic (exact) mass is 163 g/mol. The Balaban J connectivity index is 2.46. The van der Waals surface area contributed by atoms with Gasteiger partial charge in [0.05, 0.1) is 11.6 Å². The second-order valence-electron chi connectivity index (χ2n) is 2.65. The van der Waals surface area contributed by atoms with Crippen molar-refractivity contribution in [3.63, 3.8) is 0 Å². The number of hydrogen-bond donors (Lipinski definition) is 1. The molecule has 1 N–H and O–H groups in total. The van der Waals surface area contributed by atoms with Crippen LogP contribution < -0.4 is 5.32 Å². The summed E-state index contributed by atoms with van der Waals surface area (Å²) in [7, 11) is -2.75. The van der Waals surface area contributed by atoms with Gasteiger partial charge in [-0.2, -0.15) is 0 Å². The molecule has 60 valence electrons. The summed E-state index contributed by atoms with van der Waals surface area (Å²) in [5, 5.41) is 2.89. The first kappa shape index (κ1) is 8.01. The Morgan fingerprint density at radius 2 is 1.90 bits per heavy atom. The third-order valence-corrected chi connectivity index (χ3v) is 3.19. The SMILES string of the molecule is O=S1(=O)CCCCCNC1. The maximum atomic E-state index is 11.0. The molecule has 0 spiro atoms. The van der Waals surface area contributed by atoms with Crippen LogP contribution in [0.25, 0.3) is 0 Å². The van der Waals surface area contributed by atoms with Crippen LogP contribution in [0.5, 0.6) is 0 Å². The average molecular weight is 163 g/mol. The molecule has 0 aromatic carbocycles. The van der Waals surface area contributed by atoms with E-state index in [1.165, 1.54) is 0 Å². The maximum Gasteiger partial charge on any atom is 0.163 e. The molecular formula is C6H13NO2S.